The van der Waals surface area contributed by atoms with Crippen molar-refractivity contribution < 1.29 is 5.11 Å². The predicted octanol–water partition coefficient (Wildman–Crippen LogP) is 3.00. The van der Waals surface area contributed by atoms with Gasteiger partial charge in [-0.15, -0.1) is 11.3 Å². The van der Waals surface area contributed by atoms with E-state index in [4.69, 9.17) is 0 Å². The molecule has 1 heterocycles. The molecular formula is C12H19NOS. The van der Waals surface area contributed by atoms with Gasteiger partial charge < -0.3 is 5.11 Å². The van der Waals surface area contributed by atoms with Gasteiger partial charge in [0.2, 0.25) is 0 Å². The van der Waals surface area contributed by atoms with Crippen molar-refractivity contribution in [2.75, 3.05) is 0 Å². The monoisotopic (exact) mass is 225 g/mol. The molecule has 0 amide bonds. The van der Waals surface area contributed by atoms with Crippen LogP contribution in [0.1, 0.15) is 47.7 Å². The predicted molar refractivity (Wildman–Crippen MR) is 63.3 cm³/mol. The highest BCUT2D eigenvalue weighted by molar-refractivity contribution is 7.11. The highest BCUT2D eigenvalue weighted by Crippen LogP contribution is 2.32. The van der Waals surface area contributed by atoms with Crippen LogP contribution in [0, 0.1) is 13.8 Å². The second kappa shape index (κ2) is 4.22. The van der Waals surface area contributed by atoms with E-state index in [0.717, 1.165) is 30.0 Å². The van der Waals surface area contributed by atoms with Crippen LogP contribution < -0.4 is 0 Å². The molecule has 1 aromatic rings. The van der Waals surface area contributed by atoms with E-state index in [0.29, 0.717) is 0 Å². The largest absolute Gasteiger partial charge is 0.389 e. The molecule has 2 nitrogen and oxygen atoms in total. The average Bonchev–Trinajstić information content (AvgIpc) is 2.46. The van der Waals surface area contributed by atoms with E-state index in [1.54, 1.807) is 11.3 Å². The molecule has 0 atom stereocenters. The molecule has 0 saturated heterocycles. The first-order chi connectivity index (χ1) is 7.09. The van der Waals surface area contributed by atoms with Crippen molar-refractivity contribution in [2.45, 2.75) is 58.0 Å². The second-order valence-electron chi connectivity index (χ2n) is 4.71. The van der Waals surface area contributed by atoms with Gasteiger partial charge in [-0.1, -0.05) is 19.3 Å². The van der Waals surface area contributed by atoms with Gasteiger partial charge in [-0.3, -0.25) is 0 Å². The van der Waals surface area contributed by atoms with E-state index >= 15 is 0 Å². The quantitative estimate of drug-likeness (QED) is 0.839. The molecule has 1 aliphatic carbocycles. The maximum absolute atomic E-state index is 10.4. The van der Waals surface area contributed by atoms with Gasteiger partial charge in [0.15, 0.2) is 0 Å². The number of aryl methyl sites for hydroxylation is 2. The Morgan fingerprint density at radius 3 is 2.47 bits per heavy atom. The standard InChI is InChI=1S/C12H19NOS/c1-9-10(2)15-11(13-9)8-12(14)6-4-3-5-7-12/h14H,3-8H2,1-2H3. The van der Waals surface area contributed by atoms with E-state index < -0.39 is 5.60 Å². The van der Waals surface area contributed by atoms with Gasteiger partial charge in [0.1, 0.15) is 0 Å². The molecule has 0 radical (unpaired) electrons. The molecule has 15 heavy (non-hydrogen) atoms. The first-order valence-electron chi connectivity index (χ1n) is 5.74. The summed E-state index contributed by atoms with van der Waals surface area (Å²) >= 11 is 1.74. The Morgan fingerprint density at radius 2 is 1.93 bits per heavy atom. The van der Waals surface area contributed by atoms with Crippen molar-refractivity contribution in [3.05, 3.63) is 15.6 Å². The van der Waals surface area contributed by atoms with E-state index in [9.17, 15) is 5.11 Å². The summed E-state index contributed by atoms with van der Waals surface area (Å²) in [5, 5.41) is 11.5. The zero-order chi connectivity index (χ0) is 10.9. The average molecular weight is 225 g/mol. The molecule has 0 aliphatic heterocycles. The summed E-state index contributed by atoms with van der Waals surface area (Å²) in [6.07, 6.45) is 6.26. The molecular weight excluding hydrogens is 206 g/mol. The van der Waals surface area contributed by atoms with Crippen molar-refractivity contribution in [1.82, 2.24) is 4.98 Å². The van der Waals surface area contributed by atoms with E-state index in [-0.39, 0.29) is 0 Å². The molecule has 0 unspecified atom stereocenters. The van der Waals surface area contributed by atoms with Crippen LogP contribution in [0.3, 0.4) is 0 Å². The van der Waals surface area contributed by atoms with Crippen LogP contribution in [-0.4, -0.2) is 15.7 Å². The molecule has 84 valence electrons. The van der Waals surface area contributed by atoms with Gasteiger partial charge in [0.25, 0.3) is 0 Å². The van der Waals surface area contributed by atoms with Crippen LogP contribution in [0.15, 0.2) is 0 Å². The number of aromatic nitrogens is 1. The maximum atomic E-state index is 10.4. The van der Waals surface area contributed by atoms with E-state index in [1.165, 1.54) is 24.1 Å². The first kappa shape index (κ1) is 11.1. The van der Waals surface area contributed by atoms with Gasteiger partial charge in [0, 0.05) is 11.3 Å². The Bertz CT molecular complexity index is 320. The summed E-state index contributed by atoms with van der Waals surface area (Å²) in [7, 11) is 0. The Kier molecular flexibility index (Phi) is 3.12. The minimum atomic E-state index is -0.463. The molecule has 1 N–H and O–H groups in total. The molecule has 1 fully saturated rings. The van der Waals surface area contributed by atoms with Crippen molar-refractivity contribution >= 4 is 11.3 Å². The highest BCUT2D eigenvalue weighted by atomic mass is 32.1. The lowest BCUT2D eigenvalue weighted by Crippen LogP contribution is -2.33. The van der Waals surface area contributed by atoms with Crippen LogP contribution in [-0.2, 0) is 6.42 Å². The fraction of sp³-hybridized carbons (Fsp3) is 0.750. The Morgan fingerprint density at radius 1 is 1.27 bits per heavy atom. The minimum absolute atomic E-state index is 0.463. The summed E-state index contributed by atoms with van der Waals surface area (Å²) in [6.45, 7) is 4.14. The third-order valence-corrected chi connectivity index (χ3v) is 4.41. The summed E-state index contributed by atoms with van der Waals surface area (Å²) < 4.78 is 0. The molecule has 2 rings (SSSR count). The van der Waals surface area contributed by atoms with Crippen molar-refractivity contribution in [3.63, 3.8) is 0 Å². The molecule has 0 bridgehead atoms. The fourth-order valence-corrected chi connectivity index (χ4v) is 3.35. The summed E-state index contributed by atoms with van der Waals surface area (Å²) in [5.41, 5.74) is 0.657. The number of aliphatic hydroxyl groups is 1. The summed E-state index contributed by atoms with van der Waals surface area (Å²) in [6, 6.07) is 0. The lowest BCUT2D eigenvalue weighted by Gasteiger charge is -2.31. The number of hydrogen-bond acceptors (Lipinski definition) is 3. The molecule has 0 aromatic carbocycles. The smallest absolute Gasteiger partial charge is 0.0959 e. The number of rotatable bonds is 2. The van der Waals surface area contributed by atoms with Crippen LogP contribution in [0.5, 0.6) is 0 Å². The second-order valence-corrected chi connectivity index (χ2v) is 6.00. The van der Waals surface area contributed by atoms with E-state index in [1.807, 2.05) is 6.92 Å². The molecule has 3 heteroatoms. The molecule has 1 aliphatic rings. The molecule has 1 aromatic heterocycles. The van der Waals surface area contributed by atoms with Crippen LogP contribution in [0.25, 0.3) is 0 Å². The molecule has 1 saturated carbocycles. The Balaban J connectivity index is 2.06. The summed E-state index contributed by atoms with van der Waals surface area (Å²) in [4.78, 5) is 5.79. The lowest BCUT2D eigenvalue weighted by molar-refractivity contribution is 0.00444. The fourth-order valence-electron chi connectivity index (χ4n) is 2.28. The van der Waals surface area contributed by atoms with Crippen LogP contribution in [0.4, 0.5) is 0 Å². The van der Waals surface area contributed by atoms with Gasteiger partial charge >= 0.3 is 0 Å². The maximum Gasteiger partial charge on any atom is 0.0959 e. The third kappa shape index (κ3) is 2.58. The Labute approximate surface area is 95.4 Å². The van der Waals surface area contributed by atoms with E-state index in [2.05, 4.69) is 11.9 Å². The van der Waals surface area contributed by atoms with Gasteiger partial charge in [-0.2, -0.15) is 0 Å². The van der Waals surface area contributed by atoms with Gasteiger partial charge in [-0.25, -0.2) is 4.98 Å². The minimum Gasteiger partial charge on any atom is -0.389 e. The van der Waals surface area contributed by atoms with Crippen molar-refractivity contribution in [2.24, 2.45) is 0 Å². The topological polar surface area (TPSA) is 33.1 Å². The van der Waals surface area contributed by atoms with Gasteiger partial charge in [0.05, 0.1) is 16.3 Å². The van der Waals surface area contributed by atoms with Crippen LogP contribution >= 0.6 is 11.3 Å². The summed E-state index contributed by atoms with van der Waals surface area (Å²) in [5.74, 6) is 0. The zero-order valence-corrected chi connectivity index (χ0v) is 10.4. The zero-order valence-electron chi connectivity index (χ0n) is 9.55. The third-order valence-electron chi connectivity index (χ3n) is 3.34. The number of thiazole rings is 1. The SMILES string of the molecule is Cc1nc(CC2(O)CCCCC2)sc1C. The van der Waals surface area contributed by atoms with Crippen LogP contribution in [0.2, 0.25) is 0 Å². The molecule has 0 spiro atoms. The lowest BCUT2D eigenvalue weighted by atomic mass is 9.83. The number of hydrogen-bond donors (Lipinski definition) is 1. The van der Waals surface area contributed by atoms with Gasteiger partial charge in [-0.05, 0) is 26.7 Å². The highest BCUT2D eigenvalue weighted by Gasteiger charge is 2.30. The first-order valence-corrected chi connectivity index (χ1v) is 6.56. The number of nitrogens with zero attached hydrogens (tertiary/aromatic N) is 1. The normalized spacial score (nSPS) is 20.5. The van der Waals surface area contributed by atoms with Crippen molar-refractivity contribution in [1.29, 1.82) is 0 Å². The Hall–Kier alpha value is -0.410. The van der Waals surface area contributed by atoms with Crippen molar-refractivity contribution in [3.8, 4) is 0 Å².